The molecule has 1 amide bonds. The van der Waals surface area contributed by atoms with Crippen LogP contribution in [0.5, 0.6) is 5.75 Å². The number of benzene rings is 1. The van der Waals surface area contributed by atoms with Crippen molar-refractivity contribution < 1.29 is 9.53 Å². The number of nitrogen functional groups attached to an aromatic ring is 1. The number of ether oxygens (including phenoxy) is 1. The van der Waals surface area contributed by atoms with Gasteiger partial charge in [0, 0.05) is 56.5 Å². The molecular weight excluding hydrogens is 376 g/mol. The van der Waals surface area contributed by atoms with E-state index in [0.29, 0.717) is 33.9 Å². The van der Waals surface area contributed by atoms with Crippen LogP contribution in [-0.2, 0) is 0 Å². The van der Waals surface area contributed by atoms with E-state index in [4.69, 9.17) is 22.1 Å². The fraction of sp³-hybridized carbons (Fsp3) is 0.571. The van der Waals surface area contributed by atoms with E-state index in [9.17, 15) is 4.79 Å². The summed E-state index contributed by atoms with van der Waals surface area (Å²) in [6, 6.07) is 3.34. The molecule has 152 valence electrons. The van der Waals surface area contributed by atoms with Gasteiger partial charge in [-0.05, 0) is 20.2 Å². The number of amides is 1. The van der Waals surface area contributed by atoms with E-state index in [-0.39, 0.29) is 18.6 Å². The first-order chi connectivity index (χ1) is 13.4. The zero-order valence-corrected chi connectivity index (χ0v) is 17.6. The van der Waals surface area contributed by atoms with Gasteiger partial charge in [0.25, 0.3) is 5.91 Å². The molecule has 2 saturated heterocycles. The van der Waals surface area contributed by atoms with E-state index in [0.717, 1.165) is 32.6 Å². The molecule has 0 unspecified atom stereocenters. The van der Waals surface area contributed by atoms with Crippen molar-refractivity contribution in [1.82, 2.24) is 15.1 Å². The summed E-state index contributed by atoms with van der Waals surface area (Å²) >= 11 is 6.19. The van der Waals surface area contributed by atoms with E-state index in [2.05, 4.69) is 41.1 Å². The van der Waals surface area contributed by atoms with Crippen molar-refractivity contribution in [3.8, 4) is 17.6 Å². The second-order valence-electron chi connectivity index (χ2n) is 7.83. The molecule has 3 N–H and O–H groups in total. The van der Waals surface area contributed by atoms with Crippen LogP contribution in [0.2, 0.25) is 5.02 Å². The van der Waals surface area contributed by atoms with Gasteiger partial charge in [-0.3, -0.25) is 4.79 Å². The minimum Gasteiger partial charge on any atom is -0.480 e. The van der Waals surface area contributed by atoms with E-state index in [1.165, 1.54) is 0 Å². The number of nitrogens with two attached hydrogens (primary N) is 1. The number of likely N-dealkylation sites (tertiary alicyclic amines) is 2. The Kier molecular flexibility index (Phi) is 6.71. The number of carbonyl (C=O) groups is 1. The molecule has 3 rings (SSSR count). The standard InChI is InChI=1S/C21H29ClN4O2/c1-4-5-6-7-28-19-9-18(23)17(22)8-16(19)21(27)24-20-14-10-25(2)11-15(20)13-26(3)12-14/h8-9,14-15,20H,4,7,10-13,23H2,1-3H3,(H,24,27). The van der Waals surface area contributed by atoms with Gasteiger partial charge in [0.15, 0.2) is 0 Å². The zero-order chi connectivity index (χ0) is 20.3. The van der Waals surface area contributed by atoms with Crippen molar-refractivity contribution in [1.29, 1.82) is 0 Å². The van der Waals surface area contributed by atoms with Gasteiger partial charge in [-0.25, -0.2) is 0 Å². The monoisotopic (exact) mass is 404 g/mol. The Bertz CT molecular complexity index is 759. The molecule has 7 heteroatoms. The maximum Gasteiger partial charge on any atom is 0.255 e. The normalized spacial score (nSPS) is 24.9. The van der Waals surface area contributed by atoms with Crippen LogP contribution < -0.4 is 15.8 Å². The first kappa shape index (κ1) is 20.8. The van der Waals surface area contributed by atoms with Crippen LogP contribution in [0, 0.1) is 23.7 Å². The van der Waals surface area contributed by atoms with E-state index >= 15 is 0 Å². The third-order valence-electron chi connectivity index (χ3n) is 5.44. The maximum atomic E-state index is 13.1. The van der Waals surface area contributed by atoms with Crippen LogP contribution in [0.3, 0.4) is 0 Å². The van der Waals surface area contributed by atoms with Gasteiger partial charge in [-0.1, -0.05) is 24.4 Å². The second kappa shape index (κ2) is 9.04. The highest BCUT2D eigenvalue weighted by Crippen LogP contribution is 2.31. The number of halogens is 1. The number of hydrogen-bond acceptors (Lipinski definition) is 5. The molecule has 0 spiro atoms. The largest absolute Gasteiger partial charge is 0.480 e. The predicted octanol–water partition coefficient (Wildman–Crippen LogP) is 1.94. The molecule has 6 nitrogen and oxygen atoms in total. The van der Waals surface area contributed by atoms with Crippen LogP contribution in [0.25, 0.3) is 0 Å². The average Bonchev–Trinajstić information content (AvgIpc) is 2.62. The Morgan fingerprint density at radius 3 is 2.39 bits per heavy atom. The minimum atomic E-state index is -0.172. The highest BCUT2D eigenvalue weighted by molar-refractivity contribution is 6.33. The van der Waals surface area contributed by atoms with Crippen LogP contribution in [0.15, 0.2) is 12.1 Å². The van der Waals surface area contributed by atoms with Gasteiger partial charge in [-0.15, -0.1) is 5.92 Å². The number of rotatable bonds is 4. The molecule has 2 aliphatic rings. The smallest absolute Gasteiger partial charge is 0.255 e. The molecule has 0 radical (unpaired) electrons. The number of nitrogens with one attached hydrogen (secondary N) is 1. The lowest BCUT2D eigenvalue weighted by atomic mass is 9.79. The summed E-state index contributed by atoms with van der Waals surface area (Å²) in [5.74, 6) is 6.91. The van der Waals surface area contributed by atoms with Gasteiger partial charge in [0.2, 0.25) is 0 Å². The second-order valence-corrected chi connectivity index (χ2v) is 8.23. The number of hydrogen-bond donors (Lipinski definition) is 2. The van der Waals surface area contributed by atoms with Crippen molar-refractivity contribution in [3.05, 3.63) is 22.7 Å². The molecular formula is C21H29ClN4O2. The molecule has 2 aliphatic heterocycles. The number of piperidine rings is 2. The predicted molar refractivity (Wildman–Crippen MR) is 113 cm³/mol. The Morgan fingerprint density at radius 2 is 1.82 bits per heavy atom. The summed E-state index contributed by atoms with van der Waals surface area (Å²) in [5.41, 5.74) is 6.71. The highest BCUT2D eigenvalue weighted by atomic mass is 35.5. The molecule has 2 heterocycles. The SMILES string of the molecule is CCC#CCOc1cc(N)c(Cl)cc1C(=O)NC1C2CN(C)CC1CN(C)C2. The molecule has 2 fully saturated rings. The maximum absolute atomic E-state index is 13.1. The van der Waals surface area contributed by atoms with Crippen LogP contribution >= 0.6 is 11.6 Å². The van der Waals surface area contributed by atoms with E-state index < -0.39 is 0 Å². The van der Waals surface area contributed by atoms with E-state index in [1.54, 1.807) is 12.1 Å². The molecule has 0 aliphatic carbocycles. The molecule has 0 saturated carbocycles. The first-order valence-electron chi connectivity index (χ1n) is 9.74. The molecule has 0 atom stereocenters. The van der Waals surface area contributed by atoms with Crippen molar-refractivity contribution in [3.63, 3.8) is 0 Å². The topological polar surface area (TPSA) is 70.8 Å². The van der Waals surface area contributed by atoms with Gasteiger partial charge in [0.1, 0.15) is 12.4 Å². The summed E-state index contributed by atoms with van der Waals surface area (Å²) in [4.78, 5) is 17.8. The Labute approximate surface area is 172 Å². The van der Waals surface area contributed by atoms with Gasteiger partial charge < -0.3 is 25.6 Å². The first-order valence-corrected chi connectivity index (χ1v) is 10.1. The third-order valence-corrected chi connectivity index (χ3v) is 5.77. The lowest BCUT2D eigenvalue weighted by Gasteiger charge is -2.49. The lowest BCUT2D eigenvalue weighted by molar-refractivity contribution is 0.0202. The van der Waals surface area contributed by atoms with Crippen molar-refractivity contribution in [2.45, 2.75) is 19.4 Å². The Balaban J connectivity index is 1.79. The summed E-state index contributed by atoms with van der Waals surface area (Å²) in [7, 11) is 4.29. The quantitative estimate of drug-likeness (QED) is 0.592. The summed E-state index contributed by atoms with van der Waals surface area (Å²) < 4.78 is 5.72. The third kappa shape index (κ3) is 4.72. The number of fused-ring (bicyclic) bond motifs is 2. The van der Waals surface area contributed by atoms with Crippen LogP contribution in [0.1, 0.15) is 23.7 Å². The minimum absolute atomic E-state index is 0.143. The van der Waals surface area contributed by atoms with E-state index in [1.807, 2.05) is 6.92 Å². The van der Waals surface area contributed by atoms with Crippen molar-refractivity contribution >= 4 is 23.2 Å². The fourth-order valence-electron chi connectivity index (χ4n) is 4.33. The molecule has 2 bridgehead atoms. The van der Waals surface area contributed by atoms with Crippen LogP contribution in [0.4, 0.5) is 5.69 Å². The van der Waals surface area contributed by atoms with Gasteiger partial charge in [-0.2, -0.15) is 0 Å². The number of carbonyl (C=O) groups excluding carboxylic acids is 1. The zero-order valence-electron chi connectivity index (χ0n) is 16.8. The van der Waals surface area contributed by atoms with Crippen molar-refractivity contribution in [2.24, 2.45) is 11.8 Å². The lowest BCUT2D eigenvalue weighted by Crippen LogP contribution is -2.63. The summed E-state index contributed by atoms with van der Waals surface area (Å²) in [6.45, 7) is 6.09. The Morgan fingerprint density at radius 1 is 1.21 bits per heavy atom. The Hall–Kier alpha value is -1.94. The summed E-state index contributed by atoms with van der Waals surface area (Å²) in [6.07, 6.45) is 0.757. The molecule has 28 heavy (non-hydrogen) atoms. The average molecular weight is 405 g/mol. The fourth-order valence-corrected chi connectivity index (χ4v) is 4.49. The van der Waals surface area contributed by atoms with Crippen molar-refractivity contribution in [2.75, 3.05) is 52.6 Å². The summed E-state index contributed by atoms with van der Waals surface area (Å²) in [5, 5.41) is 3.61. The van der Waals surface area contributed by atoms with Gasteiger partial charge in [0.05, 0.1) is 16.3 Å². The highest BCUT2D eigenvalue weighted by Gasteiger charge is 2.41. The molecule has 1 aromatic rings. The molecule has 0 aromatic heterocycles. The molecule has 1 aromatic carbocycles. The van der Waals surface area contributed by atoms with Gasteiger partial charge >= 0.3 is 0 Å². The number of anilines is 1. The number of nitrogens with zero attached hydrogens (tertiary/aromatic N) is 2. The van der Waals surface area contributed by atoms with Crippen LogP contribution in [-0.4, -0.2) is 68.6 Å².